The Kier molecular flexibility index (Phi) is 5.32. The molecule has 3 aromatic rings. The molecule has 0 aliphatic rings. The van der Waals surface area contributed by atoms with Crippen molar-refractivity contribution in [3.8, 4) is 12.0 Å². The van der Waals surface area contributed by atoms with Gasteiger partial charge in [0.25, 0.3) is 5.91 Å². The van der Waals surface area contributed by atoms with Crippen LogP contribution in [0.2, 0.25) is 0 Å². The first-order valence-corrected chi connectivity index (χ1v) is 8.62. The fourth-order valence-electron chi connectivity index (χ4n) is 2.92. The second-order valence-corrected chi connectivity index (χ2v) is 6.31. The number of amides is 1. The van der Waals surface area contributed by atoms with Crippen LogP contribution in [0.1, 0.15) is 32.8 Å². The number of aryl methyl sites for hydroxylation is 3. The Morgan fingerprint density at radius 2 is 1.79 bits per heavy atom. The molecule has 1 aromatic carbocycles. The van der Waals surface area contributed by atoms with Crippen LogP contribution in [0.4, 0.5) is 5.69 Å². The van der Waals surface area contributed by atoms with E-state index in [1.165, 1.54) is 0 Å². The summed E-state index contributed by atoms with van der Waals surface area (Å²) in [4.78, 5) is 24.7. The van der Waals surface area contributed by atoms with Crippen molar-refractivity contribution in [2.45, 2.75) is 20.8 Å². The molecule has 0 unspecified atom stereocenters. The third-order valence-electron chi connectivity index (χ3n) is 4.30. The fourth-order valence-corrected chi connectivity index (χ4v) is 2.92. The van der Waals surface area contributed by atoms with Crippen molar-refractivity contribution in [1.29, 1.82) is 5.26 Å². The summed E-state index contributed by atoms with van der Waals surface area (Å²) in [7, 11) is 0. The number of ether oxygens (including phenoxy) is 1. The molecule has 7 nitrogen and oxygen atoms in total. The fraction of sp³-hybridized carbons (Fsp3) is 0.190. The van der Waals surface area contributed by atoms with E-state index in [2.05, 4.69) is 5.32 Å². The van der Waals surface area contributed by atoms with Gasteiger partial charge in [-0.15, -0.1) is 0 Å². The maximum atomic E-state index is 12.5. The number of carbonyl (C=O) groups is 2. The minimum atomic E-state index is -0.784. The number of furan rings is 1. The van der Waals surface area contributed by atoms with Crippen LogP contribution in [0.5, 0.6) is 0 Å². The molecule has 0 radical (unpaired) electrons. The molecule has 0 saturated carbocycles. The Labute approximate surface area is 162 Å². The molecule has 3 rings (SSSR count). The smallest absolute Gasteiger partial charge is 0.343 e. The predicted octanol–water partition coefficient (Wildman–Crippen LogP) is 3.66. The van der Waals surface area contributed by atoms with Gasteiger partial charge in [-0.3, -0.25) is 9.36 Å². The molecule has 0 spiro atoms. The number of nitrogens with zero attached hydrogens (tertiary/aromatic N) is 2. The lowest BCUT2D eigenvalue weighted by Crippen LogP contribution is -2.22. The van der Waals surface area contributed by atoms with E-state index in [1.54, 1.807) is 36.0 Å². The maximum Gasteiger partial charge on any atom is 0.343 e. The van der Waals surface area contributed by atoms with Crippen LogP contribution in [0.15, 0.2) is 47.1 Å². The van der Waals surface area contributed by atoms with Crippen molar-refractivity contribution in [1.82, 2.24) is 4.57 Å². The summed E-state index contributed by atoms with van der Waals surface area (Å²) in [6, 6.07) is 11.2. The number of hydrogen-bond donors (Lipinski definition) is 1. The third-order valence-corrected chi connectivity index (χ3v) is 4.30. The molecule has 28 heavy (non-hydrogen) atoms. The average molecular weight is 377 g/mol. The molecule has 2 aromatic heterocycles. The number of nitriles is 1. The summed E-state index contributed by atoms with van der Waals surface area (Å²) in [5.41, 5.74) is 2.59. The first-order valence-electron chi connectivity index (χ1n) is 8.62. The Morgan fingerprint density at radius 3 is 2.39 bits per heavy atom. The first-order chi connectivity index (χ1) is 13.4. The highest BCUT2D eigenvalue weighted by Crippen LogP contribution is 2.26. The van der Waals surface area contributed by atoms with E-state index in [4.69, 9.17) is 9.15 Å². The molecule has 0 aliphatic carbocycles. The number of hydrogen-bond acceptors (Lipinski definition) is 5. The van der Waals surface area contributed by atoms with E-state index in [1.807, 2.05) is 38.1 Å². The number of anilines is 1. The van der Waals surface area contributed by atoms with Crippen LogP contribution in [-0.4, -0.2) is 23.1 Å². The molecule has 0 saturated heterocycles. The van der Waals surface area contributed by atoms with Gasteiger partial charge in [0.1, 0.15) is 23.0 Å². The molecule has 7 heteroatoms. The molecule has 0 fully saturated rings. The SMILES string of the molecule is Cc1cccc(C)c1NC(=O)COC(=O)c1c(C)oc(-n2cccc2)c1C#N. The normalized spacial score (nSPS) is 10.4. The monoisotopic (exact) mass is 377 g/mol. The van der Waals surface area contributed by atoms with Crippen LogP contribution in [0, 0.1) is 32.1 Å². The predicted molar refractivity (Wildman–Crippen MR) is 102 cm³/mol. The van der Waals surface area contributed by atoms with Crippen LogP contribution in [0.25, 0.3) is 5.88 Å². The van der Waals surface area contributed by atoms with Crippen molar-refractivity contribution in [2.24, 2.45) is 0 Å². The number of para-hydroxylation sites is 1. The molecular weight excluding hydrogens is 358 g/mol. The molecule has 0 atom stereocenters. The van der Waals surface area contributed by atoms with Gasteiger partial charge in [-0.05, 0) is 44.0 Å². The molecular formula is C21H19N3O4. The van der Waals surface area contributed by atoms with Crippen molar-refractivity contribution in [2.75, 3.05) is 11.9 Å². The van der Waals surface area contributed by atoms with E-state index >= 15 is 0 Å². The third kappa shape index (κ3) is 3.67. The minimum absolute atomic E-state index is 0.0195. The topological polar surface area (TPSA) is 97.3 Å². The molecule has 0 aliphatic heterocycles. The second kappa shape index (κ2) is 7.84. The molecule has 1 N–H and O–H groups in total. The van der Waals surface area contributed by atoms with Crippen molar-refractivity contribution >= 4 is 17.6 Å². The minimum Gasteiger partial charge on any atom is -0.452 e. The Bertz CT molecular complexity index is 1050. The van der Waals surface area contributed by atoms with Gasteiger partial charge < -0.3 is 14.5 Å². The van der Waals surface area contributed by atoms with Crippen LogP contribution in [-0.2, 0) is 9.53 Å². The summed E-state index contributed by atoms with van der Waals surface area (Å²) < 4.78 is 12.3. The van der Waals surface area contributed by atoms with E-state index in [0.717, 1.165) is 11.1 Å². The lowest BCUT2D eigenvalue weighted by Gasteiger charge is -2.11. The summed E-state index contributed by atoms with van der Waals surface area (Å²) in [6.07, 6.45) is 3.40. The largest absolute Gasteiger partial charge is 0.452 e. The van der Waals surface area contributed by atoms with Gasteiger partial charge >= 0.3 is 5.97 Å². The highest BCUT2D eigenvalue weighted by Gasteiger charge is 2.26. The molecule has 0 bridgehead atoms. The number of esters is 1. The number of nitrogens with one attached hydrogen (secondary N) is 1. The van der Waals surface area contributed by atoms with Gasteiger partial charge in [-0.25, -0.2) is 4.79 Å². The van der Waals surface area contributed by atoms with E-state index in [0.29, 0.717) is 5.69 Å². The van der Waals surface area contributed by atoms with Gasteiger partial charge in [0.05, 0.1) is 0 Å². The quantitative estimate of drug-likeness (QED) is 0.684. The van der Waals surface area contributed by atoms with Crippen molar-refractivity contribution in [3.63, 3.8) is 0 Å². The second-order valence-electron chi connectivity index (χ2n) is 6.31. The van der Waals surface area contributed by atoms with Gasteiger partial charge in [-0.2, -0.15) is 5.26 Å². The lowest BCUT2D eigenvalue weighted by molar-refractivity contribution is -0.119. The van der Waals surface area contributed by atoms with Crippen LogP contribution >= 0.6 is 0 Å². The Balaban J connectivity index is 1.74. The maximum absolute atomic E-state index is 12.5. The Morgan fingerprint density at radius 1 is 1.14 bits per heavy atom. The zero-order chi connectivity index (χ0) is 20.3. The number of aromatic nitrogens is 1. The first kappa shape index (κ1) is 19.0. The Hall–Kier alpha value is -3.79. The number of benzene rings is 1. The standard InChI is InChI=1S/C21H19N3O4/c1-13-7-6-8-14(2)19(13)23-17(25)12-27-21(26)18-15(3)28-20(16(18)11-22)24-9-4-5-10-24/h4-10H,12H2,1-3H3,(H,23,25). The van der Waals surface area contributed by atoms with Crippen LogP contribution in [0.3, 0.4) is 0 Å². The van der Waals surface area contributed by atoms with Gasteiger partial charge in [0, 0.05) is 18.1 Å². The highest BCUT2D eigenvalue weighted by molar-refractivity contribution is 5.98. The summed E-state index contributed by atoms with van der Waals surface area (Å²) in [5, 5.41) is 12.2. The number of rotatable bonds is 5. The summed E-state index contributed by atoms with van der Waals surface area (Å²) in [6.45, 7) is 4.86. The molecule has 2 heterocycles. The van der Waals surface area contributed by atoms with E-state index < -0.39 is 18.5 Å². The highest BCUT2D eigenvalue weighted by atomic mass is 16.5. The van der Waals surface area contributed by atoms with Gasteiger partial charge in [0.15, 0.2) is 6.61 Å². The lowest BCUT2D eigenvalue weighted by atomic mass is 10.1. The summed E-state index contributed by atoms with van der Waals surface area (Å²) >= 11 is 0. The van der Waals surface area contributed by atoms with E-state index in [-0.39, 0.29) is 22.8 Å². The molecule has 1 amide bonds. The summed E-state index contributed by atoms with van der Waals surface area (Å²) in [5.74, 6) is -0.763. The van der Waals surface area contributed by atoms with Gasteiger partial charge in [0.2, 0.25) is 5.88 Å². The zero-order valence-electron chi connectivity index (χ0n) is 15.8. The van der Waals surface area contributed by atoms with Crippen LogP contribution < -0.4 is 5.32 Å². The number of carbonyl (C=O) groups excluding carboxylic acids is 2. The van der Waals surface area contributed by atoms with Crippen molar-refractivity contribution in [3.05, 3.63) is 70.7 Å². The average Bonchev–Trinajstić information content (AvgIpc) is 3.30. The van der Waals surface area contributed by atoms with E-state index in [9.17, 15) is 14.9 Å². The van der Waals surface area contributed by atoms with Gasteiger partial charge in [-0.1, -0.05) is 18.2 Å². The van der Waals surface area contributed by atoms with Crippen molar-refractivity contribution < 1.29 is 18.7 Å². The zero-order valence-corrected chi connectivity index (χ0v) is 15.8. The molecule has 142 valence electrons.